The van der Waals surface area contributed by atoms with Gasteiger partial charge in [0.15, 0.2) is 0 Å². The summed E-state index contributed by atoms with van der Waals surface area (Å²) in [6.45, 7) is 2.84. The Morgan fingerprint density at radius 1 is 1.40 bits per heavy atom. The van der Waals surface area contributed by atoms with Gasteiger partial charge in [0.05, 0.1) is 10.5 Å². The van der Waals surface area contributed by atoms with Gasteiger partial charge in [-0.15, -0.1) is 0 Å². The molecule has 0 unspecified atom stereocenters. The molecule has 2 nitrogen and oxygen atoms in total. The third-order valence-electron chi connectivity index (χ3n) is 2.46. The summed E-state index contributed by atoms with van der Waals surface area (Å²) >= 11 is 6.08. The zero-order valence-electron chi connectivity index (χ0n) is 8.84. The van der Waals surface area contributed by atoms with Crippen molar-refractivity contribution >= 4 is 22.5 Å². The molecule has 1 aromatic carbocycles. The Morgan fingerprint density at radius 2 is 2.20 bits per heavy atom. The van der Waals surface area contributed by atoms with E-state index in [1.165, 1.54) is 5.56 Å². The topological polar surface area (TPSA) is 24.9 Å². The molecule has 3 heteroatoms. The monoisotopic (exact) mass is 220 g/mol. The molecule has 0 saturated carbocycles. The van der Waals surface area contributed by atoms with E-state index in [-0.39, 0.29) is 0 Å². The van der Waals surface area contributed by atoms with Crippen LogP contribution in [0.1, 0.15) is 11.3 Å². The van der Waals surface area contributed by atoms with Crippen LogP contribution < -0.4 is 5.32 Å². The standard InChI is InChI=1S/C12H13ClN2/c1-8-10(7-14-2)6-9-4-3-5-11(13)12(9)15-8/h3-6,14H,7H2,1-2H3. The van der Waals surface area contributed by atoms with E-state index in [4.69, 9.17) is 11.6 Å². The summed E-state index contributed by atoms with van der Waals surface area (Å²) in [5, 5.41) is 4.94. The first-order chi connectivity index (χ1) is 7.22. The molecule has 0 aliphatic carbocycles. The molecule has 1 aromatic heterocycles. The minimum absolute atomic E-state index is 0.714. The van der Waals surface area contributed by atoms with Crippen LogP contribution >= 0.6 is 11.6 Å². The number of para-hydroxylation sites is 1. The van der Waals surface area contributed by atoms with E-state index in [1.807, 2.05) is 32.2 Å². The van der Waals surface area contributed by atoms with E-state index in [9.17, 15) is 0 Å². The highest BCUT2D eigenvalue weighted by atomic mass is 35.5. The van der Waals surface area contributed by atoms with Crippen molar-refractivity contribution in [2.75, 3.05) is 7.05 Å². The molecule has 0 bridgehead atoms. The first-order valence-corrected chi connectivity index (χ1v) is 5.29. The molecular formula is C12H13ClN2. The van der Waals surface area contributed by atoms with Gasteiger partial charge in [-0.25, -0.2) is 0 Å². The predicted molar refractivity (Wildman–Crippen MR) is 64.3 cm³/mol. The van der Waals surface area contributed by atoms with Crippen molar-refractivity contribution in [1.82, 2.24) is 10.3 Å². The number of benzene rings is 1. The number of nitrogens with one attached hydrogen (secondary N) is 1. The van der Waals surface area contributed by atoms with E-state index >= 15 is 0 Å². The fourth-order valence-corrected chi connectivity index (χ4v) is 1.89. The van der Waals surface area contributed by atoms with Gasteiger partial charge in [-0.05, 0) is 31.7 Å². The van der Waals surface area contributed by atoms with Crippen LogP contribution in [0.4, 0.5) is 0 Å². The van der Waals surface area contributed by atoms with Crippen molar-refractivity contribution in [3.05, 3.63) is 40.5 Å². The number of rotatable bonds is 2. The number of hydrogen-bond donors (Lipinski definition) is 1. The van der Waals surface area contributed by atoms with Crippen LogP contribution in [0.25, 0.3) is 10.9 Å². The smallest absolute Gasteiger partial charge is 0.0891 e. The van der Waals surface area contributed by atoms with Crippen molar-refractivity contribution in [2.45, 2.75) is 13.5 Å². The number of aryl methyl sites for hydroxylation is 1. The van der Waals surface area contributed by atoms with Gasteiger partial charge in [-0.1, -0.05) is 23.7 Å². The molecule has 0 saturated heterocycles. The van der Waals surface area contributed by atoms with Crippen LogP contribution in [0.5, 0.6) is 0 Å². The lowest BCUT2D eigenvalue weighted by Crippen LogP contribution is -2.07. The minimum Gasteiger partial charge on any atom is -0.316 e. The van der Waals surface area contributed by atoms with E-state index in [0.29, 0.717) is 5.02 Å². The lowest BCUT2D eigenvalue weighted by molar-refractivity contribution is 0.807. The molecule has 2 aromatic rings. The Hall–Kier alpha value is -1.12. The van der Waals surface area contributed by atoms with Gasteiger partial charge in [0.25, 0.3) is 0 Å². The number of pyridine rings is 1. The third-order valence-corrected chi connectivity index (χ3v) is 2.76. The van der Waals surface area contributed by atoms with Gasteiger partial charge in [0.1, 0.15) is 0 Å². The second-order valence-corrected chi connectivity index (χ2v) is 3.98. The molecule has 0 atom stereocenters. The Bertz CT molecular complexity index is 494. The first kappa shape index (κ1) is 10.4. The van der Waals surface area contributed by atoms with Gasteiger partial charge in [0.2, 0.25) is 0 Å². The summed E-state index contributed by atoms with van der Waals surface area (Å²) in [6.07, 6.45) is 0. The zero-order chi connectivity index (χ0) is 10.8. The molecule has 0 spiro atoms. The van der Waals surface area contributed by atoms with Crippen molar-refractivity contribution in [3.63, 3.8) is 0 Å². The predicted octanol–water partition coefficient (Wildman–Crippen LogP) is 2.92. The van der Waals surface area contributed by atoms with Gasteiger partial charge in [0, 0.05) is 17.6 Å². The molecule has 0 aliphatic heterocycles. The molecule has 0 amide bonds. The molecular weight excluding hydrogens is 208 g/mol. The number of aromatic nitrogens is 1. The van der Waals surface area contributed by atoms with Crippen LogP contribution in [-0.4, -0.2) is 12.0 Å². The Labute approximate surface area is 94.3 Å². The van der Waals surface area contributed by atoms with Crippen LogP contribution in [0, 0.1) is 6.92 Å². The molecule has 78 valence electrons. The van der Waals surface area contributed by atoms with E-state index < -0.39 is 0 Å². The summed E-state index contributed by atoms with van der Waals surface area (Å²) in [4.78, 5) is 4.52. The molecule has 0 fully saturated rings. The Kier molecular flexibility index (Phi) is 2.89. The van der Waals surface area contributed by atoms with E-state index in [1.54, 1.807) is 0 Å². The van der Waals surface area contributed by atoms with E-state index in [2.05, 4.69) is 16.4 Å². The normalized spacial score (nSPS) is 10.9. The summed E-state index contributed by atoms with van der Waals surface area (Å²) in [7, 11) is 1.93. The maximum absolute atomic E-state index is 6.08. The molecule has 15 heavy (non-hydrogen) atoms. The van der Waals surface area contributed by atoms with Crippen molar-refractivity contribution < 1.29 is 0 Å². The quantitative estimate of drug-likeness (QED) is 0.842. The summed E-state index contributed by atoms with van der Waals surface area (Å²) < 4.78 is 0. The summed E-state index contributed by atoms with van der Waals surface area (Å²) in [6, 6.07) is 7.99. The molecule has 0 radical (unpaired) electrons. The largest absolute Gasteiger partial charge is 0.316 e. The molecule has 1 heterocycles. The van der Waals surface area contributed by atoms with Crippen molar-refractivity contribution in [3.8, 4) is 0 Å². The summed E-state index contributed by atoms with van der Waals surface area (Å²) in [5.41, 5.74) is 3.13. The molecule has 0 aliphatic rings. The van der Waals surface area contributed by atoms with E-state index in [0.717, 1.165) is 23.1 Å². The SMILES string of the molecule is CNCc1cc2cccc(Cl)c2nc1C. The third kappa shape index (κ3) is 1.96. The van der Waals surface area contributed by atoms with Crippen molar-refractivity contribution in [1.29, 1.82) is 0 Å². The van der Waals surface area contributed by atoms with Crippen LogP contribution in [0.15, 0.2) is 24.3 Å². The van der Waals surface area contributed by atoms with Crippen LogP contribution in [0.2, 0.25) is 5.02 Å². The lowest BCUT2D eigenvalue weighted by atomic mass is 10.1. The number of halogens is 1. The lowest BCUT2D eigenvalue weighted by Gasteiger charge is -2.07. The van der Waals surface area contributed by atoms with Gasteiger partial charge in [-0.3, -0.25) is 4.98 Å². The second-order valence-electron chi connectivity index (χ2n) is 3.57. The number of hydrogen-bond acceptors (Lipinski definition) is 2. The number of fused-ring (bicyclic) bond motifs is 1. The highest BCUT2D eigenvalue weighted by Gasteiger charge is 2.04. The zero-order valence-corrected chi connectivity index (χ0v) is 9.60. The van der Waals surface area contributed by atoms with Gasteiger partial charge < -0.3 is 5.32 Å². The second kappa shape index (κ2) is 4.17. The highest BCUT2D eigenvalue weighted by Crippen LogP contribution is 2.23. The fourth-order valence-electron chi connectivity index (χ4n) is 1.67. The van der Waals surface area contributed by atoms with Crippen molar-refractivity contribution in [2.24, 2.45) is 0 Å². The van der Waals surface area contributed by atoms with Crippen LogP contribution in [-0.2, 0) is 6.54 Å². The summed E-state index contributed by atoms with van der Waals surface area (Å²) in [5.74, 6) is 0. The first-order valence-electron chi connectivity index (χ1n) is 4.91. The fraction of sp³-hybridized carbons (Fsp3) is 0.250. The molecule has 2 rings (SSSR count). The highest BCUT2D eigenvalue weighted by molar-refractivity contribution is 6.35. The minimum atomic E-state index is 0.714. The maximum Gasteiger partial charge on any atom is 0.0891 e. The van der Waals surface area contributed by atoms with Gasteiger partial charge in [-0.2, -0.15) is 0 Å². The molecule has 1 N–H and O–H groups in total. The Balaban J connectivity index is 2.65. The Morgan fingerprint density at radius 3 is 2.93 bits per heavy atom. The van der Waals surface area contributed by atoms with Crippen LogP contribution in [0.3, 0.4) is 0 Å². The average Bonchev–Trinajstić information content (AvgIpc) is 2.21. The average molecular weight is 221 g/mol. The number of nitrogens with zero attached hydrogens (tertiary/aromatic N) is 1. The maximum atomic E-state index is 6.08. The van der Waals surface area contributed by atoms with Gasteiger partial charge >= 0.3 is 0 Å².